The highest BCUT2D eigenvalue weighted by Crippen LogP contribution is 2.16. The number of nitrogens with one attached hydrogen (secondary N) is 1. The summed E-state index contributed by atoms with van der Waals surface area (Å²) in [5, 5.41) is 12.0. The molecule has 122 valence electrons. The lowest BCUT2D eigenvalue weighted by atomic mass is 10.0. The number of carbonyl (C=O) groups is 2. The van der Waals surface area contributed by atoms with Crippen molar-refractivity contribution in [2.45, 2.75) is 38.8 Å². The minimum Gasteiger partial charge on any atom is -0.480 e. The first-order valence-electron chi connectivity index (χ1n) is 7.35. The normalized spacial score (nSPS) is 18.3. The quantitative estimate of drug-likeness (QED) is 0.868. The molecular weight excluding hydrogens is 304 g/mol. The Morgan fingerprint density at radius 3 is 2.82 bits per heavy atom. The molecule has 1 aromatic rings. The van der Waals surface area contributed by atoms with E-state index in [2.05, 4.69) is 5.32 Å². The number of benzene rings is 1. The van der Waals surface area contributed by atoms with Gasteiger partial charge in [-0.2, -0.15) is 0 Å². The highest BCUT2D eigenvalue weighted by molar-refractivity contribution is 5.85. The van der Waals surface area contributed by atoms with E-state index < -0.39 is 12.0 Å². The monoisotopic (exact) mass is 326 g/mol. The summed E-state index contributed by atoms with van der Waals surface area (Å²) in [4.78, 5) is 24.9. The van der Waals surface area contributed by atoms with Gasteiger partial charge in [0, 0.05) is 6.54 Å². The number of hydrogen-bond acceptors (Lipinski definition) is 3. The Morgan fingerprint density at radius 2 is 2.14 bits per heavy atom. The first-order chi connectivity index (χ1) is 10.1. The Kier molecular flexibility index (Phi) is 7.35. The van der Waals surface area contributed by atoms with Crippen molar-refractivity contribution in [2.24, 2.45) is 0 Å². The minimum atomic E-state index is -0.832. The maximum absolute atomic E-state index is 12.0. The van der Waals surface area contributed by atoms with E-state index in [1.807, 2.05) is 31.2 Å². The van der Waals surface area contributed by atoms with E-state index in [1.54, 1.807) is 4.90 Å². The van der Waals surface area contributed by atoms with Crippen LogP contribution < -0.4 is 5.32 Å². The van der Waals surface area contributed by atoms with Gasteiger partial charge in [-0.05, 0) is 31.9 Å². The lowest BCUT2D eigenvalue weighted by molar-refractivity contribution is -0.145. The van der Waals surface area contributed by atoms with Crippen molar-refractivity contribution in [3.63, 3.8) is 0 Å². The zero-order chi connectivity index (χ0) is 15.2. The Labute approximate surface area is 137 Å². The third-order valence-corrected chi connectivity index (χ3v) is 3.82. The van der Waals surface area contributed by atoms with Crippen LogP contribution in [0.4, 0.5) is 0 Å². The first kappa shape index (κ1) is 18.5. The van der Waals surface area contributed by atoms with E-state index >= 15 is 0 Å². The summed E-state index contributed by atoms with van der Waals surface area (Å²) in [5.74, 6) is -0.953. The summed E-state index contributed by atoms with van der Waals surface area (Å²) in [6.07, 6.45) is 2.49. The van der Waals surface area contributed by atoms with Crippen LogP contribution in [0, 0.1) is 6.92 Å². The number of aryl methyl sites for hydroxylation is 1. The summed E-state index contributed by atoms with van der Waals surface area (Å²) in [7, 11) is 0. The first-order valence-corrected chi connectivity index (χ1v) is 7.35. The summed E-state index contributed by atoms with van der Waals surface area (Å²) in [5.41, 5.74) is 2.21. The second-order valence-corrected chi connectivity index (χ2v) is 5.59. The van der Waals surface area contributed by atoms with Crippen molar-refractivity contribution >= 4 is 24.3 Å². The van der Waals surface area contributed by atoms with Crippen molar-refractivity contribution in [1.29, 1.82) is 0 Å². The van der Waals surface area contributed by atoms with Crippen LogP contribution in [0.15, 0.2) is 24.3 Å². The number of aliphatic carboxylic acids is 1. The maximum Gasteiger partial charge on any atom is 0.320 e. The molecular formula is C16H23ClN2O3. The van der Waals surface area contributed by atoms with Gasteiger partial charge in [-0.15, -0.1) is 12.4 Å². The Hall–Kier alpha value is -1.59. The maximum atomic E-state index is 12.0. The second-order valence-electron chi connectivity index (χ2n) is 5.59. The van der Waals surface area contributed by atoms with Crippen molar-refractivity contribution in [1.82, 2.24) is 10.2 Å². The van der Waals surface area contributed by atoms with Gasteiger partial charge in [-0.3, -0.25) is 14.5 Å². The highest BCUT2D eigenvalue weighted by Gasteiger charge is 2.29. The molecule has 1 fully saturated rings. The van der Waals surface area contributed by atoms with Crippen molar-refractivity contribution in [3.05, 3.63) is 35.4 Å². The van der Waals surface area contributed by atoms with Crippen molar-refractivity contribution in [3.8, 4) is 0 Å². The van der Waals surface area contributed by atoms with Gasteiger partial charge in [-0.25, -0.2) is 0 Å². The molecule has 22 heavy (non-hydrogen) atoms. The predicted octanol–water partition coefficient (Wildman–Crippen LogP) is 1.97. The van der Waals surface area contributed by atoms with Gasteiger partial charge in [0.05, 0.1) is 6.54 Å². The topological polar surface area (TPSA) is 69.6 Å². The molecule has 0 spiro atoms. The van der Waals surface area contributed by atoms with Gasteiger partial charge >= 0.3 is 5.97 Å². The van der Waals surface area contributed by atoms with Gasteiger partial charge in [0.2, 0.25) is 5.91 Å². The molecule has 1 atom stereocenters. The van der Waals surface area contributed by atoms with E-state index in [0.29, 0.717) is 19.5 Å². The number of rotatable bonds is 5. The minimum absolute atomic E-state index is 0. The third-order valence-electron chi connectivity index (χ3n) is 3.82. The zero-order valence-corrected chi connectivity index (χ0v) is 13.6. The van der Waals surface area contributed by atoms with Crippen LogP contribution >= 0.6 is 12.4 Å². The van der Waals surface area contributed by atoms with E-state index in [9.17, 15) is 14.7 Å². The summed E-state index contributed by atoms with van der Waals surface area (Å²) >= 11 is 0. The lowest BCUT2D eigenvalue weighted by Crippen LogP contribution is -2.48. The molecule has 1 heterocycles. The van der Waals surface area contributed by atoms with E-state index in [1.165, 1.54) is 0 Å². The number of nitrogens with zero attached hydrogens (tertiary/aromatic N) is 1. The molecule has 6 heteroatoms. The standard InChI is InChI=1S/C16H22N2O3.ClH/c1-12-5-4-6-13(9-12)10-17-15(19)11-18-8-3-2-7-14(18)16(20)21;/h4-6,9,14H,2-3,7-8,10-11H2,1H3,(H,17,19)(H,20,21);1H. The van der Waals surface area contributed by atoms with Crippen LogP contribution in [-0.2, 0) is 16.1 Å². The zero-order valence-electron chi connectivity index (χ0n) is 12.7. The second kappa shape index (κ2) is 8.76. The molecule has 1 saturated heterocycles. The van der Waals surface area contributed by atoms with Gasteiger partial charge in [0.25, 0.3) is 0 Å². The average molecular weight is 327 g/mol. The molecule has 1 aliphatic heterocycles. The number of likely N-dealkylation sites (tertiary alicyclic amines) is 1. The molecule has 0 aliphatic carbocycles. The molecule has 2 N–H and O–H groups in total. The van der Waals surface area contributed by atoms with Crippen LogP contribution in [0.1, 0.15) is 30.4 Å². The lowest BCUT2D eigenvalue weighted by Gasteiger charge is -2.32. The number of amides is 1. The van der Waals surface area contributed by atoms with Crippen LogP contribution in [0.2, 0.25) is 0 Å². The van der Waals surface area contributed by atoms with E-state index in [-0.39, 0.29) is 24.9 Å². The number of carboxylic acids is 1. The summed E-state index contributed by atoms with van der Waals surface area (Å²) in [6.45, 7) is 3.32. The fourth-order valence-corrected chi connectivity index (χ4v) is 2.72. The van der Waals surface area contributed by atoms with E-state index in [0.717, 1.165) is 24.0 Å². The van der Waals surface area contributed by atoms with Crippen LogP contribution in [0.5, 0.6) is 0 Å². The van der Waals surface area contributed by atoms with Gasteiger partial charge in [0.1, 0.15) is 6.04 Å². The number of hydrogen-bond donors (Lipinski definition) is 2. The van der Waals surface area contributed by atoms with Gasteiger partial charge in [0.15, 0.2) is 0 Å². The summed E-state index contributed by atoms with van der Waals surface area (Å²) in [6, 6.07) is 7.44. The van der Waals surface area contributed by atoms with Gasteiger partial charge in [-0.1, -0.05) is 36.2 Å². The summed E-state index contributed by atoms with van der Waals surface area (Å²) < 4.78 is 0. The van der Waals surface area contributed by atoms with Crippen molar-refractivity contribution < 1.29 is 14.7 Å². The Balaban J connectivity index is 0.00000242. The van der Waals surface area contributed by atoms with Crippen molar-refractivity contribution in [2.75, 3.05) is 13.1 Å². The third kappa shape index (κ3) is 5.31. The highest BCUT2D eigenvalue weighted by atomic mass is 35.5. The molecule has 0 bridgehead atoms. The largest absolute Gasteiger partial charge is 0.480 e. The van der Waals surface area contributed by atoms with Crippen LogP contribution in [-0.4, -0.2) is 41.0 Å². The number of halogens is 1. The van der Waals surface area contributed by atoms with Crippen LogP contribution in [0.25, 0.3) is 0 Å². The number of carbonyl (C=O) groups excluding carboxylic acids is 1. The fourth-order valence-electron chi connectivity index (χ4n) is 2.72. The molecule has 0 radical (unpaired) electrons. The number of carboxylic acid groups (broad SMARTS) is 1. The fraction of sp³-hybridized carbons (Fsp3) is 0.500. The Morgan fingerprint density at radius 1 is 1.36 bits per heavy atom. The van der Waals surface area contributed by atoms with E-state index in [4.69, 9.17) is 0 Å². The van der Waals surface area contributed by atoms with Crippen LogP contribution in [0.3, 0.4) is 0 Å². The number of piperidine rings is 1. The molecule has 0 aromatic heterocycles. The molecule has 1 amide bonds. The SMILES string of the molecule is Cc1cccc(CNC(=O)CN2CCCCC2C(=O)O)c1.Cl. The molecule has 2 rings (SSSR count). The molecule has 1 aromatic carbocycles. The molecule has 1 aliphatic rings. The molecule has 1 unspecified atom stereocenters. The van der Waals surface area contributed by atoms with Gasteiger partial charge < -0.3 is 10.4 Å². The Bertz CT molecular complexity index is 522. The molecule has 0 saturated carbocycles. The predicted molar refractivity (Wildman–Crippen MR) is 87.1 cm³/mol. The average Bonchev–Trinajstić information content (AvgIpc) is 2.45. The smallest absolute Gasteiger partial charge is 0.320 e. The molecule has 5 nitrogen and oxygen atoms in total.